The van der Waals surface area contributed by atoms with Crippen LogP contribution in [0.25, 0.3) is 22.0 Å². The van der Waals surface area contributed by atoms with Gasteiger partial charge >= 0.3 is 0 Å². The molecular weight excluding hydrogens is 569 g/mol. The summed E-state index contributed by atoms with van der Waals surface area (Å²) in [5.74, 6) is 0.656. The highest BCUT2D eigenvalue weighted by Crippen LogP contribution is 2.38. The number of amides is 1. The van der Waals surface area contributed by atoms with Crippen LogP contribution in [0.2, 0.25) is 0 Å². The van der Waals surface area contributed by atoms with Gasteiger partial charge in [-0.05, 0) is 49.1 Å². The third-order valence-electron chi connectivity index (χ3n) is 7.89. The number of hydrogen-bond donors (Lipinski definition) is 3. The van der Waals surface area contributed by atoms with Crippen molar-refractivity contribution in [1.29, 1.82) is 0 Å². The van der Waals surface area contributed by atoms with E-state index in [-0.39, 0.29) is 41.3 Å². The number of nitrogens with zero attached hydrogens (tertiary/aromatic N) is 3. The quantitative estimate of drug-likeness (QED) is 0.212. The lowest BCUT2D eigenvalue weighted by Gasteiger charge is -2.32. The summed E-state index contributed by atoms with van der Waals surface area (Å²) in [4.78, 5) is 35.0. The van der Waals surface area contributed by atoms with Gasteiger partial charge in [0.2, 0.25) is 11.9 Å². The molecule has 2 heterocycles. The molecule has 0 saturated heterocycles. The van der Waals surface area contributed by atoms with Crippen LogP contribution in [0.3, 0.4) is 0 Å². The largest absolute Gasteiger partial charge is 0.493 e. The lowest BCUT2D eigenvalue weighted by Crippen LogP contribution is -2.44. The van der Waals surface area contributed by atoms with E-state index in [9.17, 15) is 9.59 Å². The maximum atomic E-state index is 15.4. The second kappa shape index (κ2) is 13.7. The Morgan fingerprint density at radius 3 is 2.57 bits per heavy atom. The average molecular weight is 606 g/mol. The van der Waals surface area contributed by atoms with Gasteiger partial charge in [0, 0.05) is 50.1 Å². The highest BCUT2D eigenvalue weighted by atomic mass is 19.1. The molecule has 1 saturated carbocycles. The number of aliphatic hydroxyl groups excluding tert-OH is 1. The van der Waals surface area contributed by atoms with Crippen molar-refractivity contribution in [1.82, 2.24) is 19.9 Å². The predicted octanol–water partition coefficient (Wildman–Crippen LogP) is 4.41. The molecule has 2 aromatic carbocycles. The fourth-order valence-corrected chi connectivity index (χ4v) is 5.49. The van der Waals surface area contributed by atoms with E-state index in [2.05, 4.69) is 20.6 Å². The van der Waals surface area contributed by atoms with Crippen LogP contribution < -0.4 is 30.4 Å². The summed E-state index contributed by atoms with van der Waals surface area (Å²) in [6, 6.07) is 9.17. The van der Waals surface area contributed by atoms with Crippen molar-refractivity contribution in [3.05, 3.63) is 65.0 Å². The van der Waals surface area contributed by atoms with Crippen molar-refractivity contribution in [3.63, 3.8) is 0 Å². The average Bonchev–Trinajstić information content (AvgIpc) is 3.04. The van der Waals surface area contributed by atoms with Crippen LogP contribution in [0.4, 0.5) is 10.3 Å². The molecular formula is C32H36FN5O6. The molecule has 1 amide bonds. The number of halogens is 1. The number of carbonyl (C=O) groups is 1. The summed E-state index contributed by atoms with van der Waals surface area (Å²) in [6.45, 7) is 0.422. The van der Waals surface area contributed by atoms with Gasteiger partial charge in [0.25, 0.3) is 5.56 Å². The minimum atomic E-state index is -0.658. The molecule has 2 aromatic heterocycles. The van der Waals surface area contributed by atoms with Crippen LogP contribution in [0.5, 0.6) is 23.0 Å². The van der Waals surface area contributed by atoms with Crippen molar-refractivity contribution in [2.24, 2.45) is 13.0 Å². The monoisotopic (exact) mass is 605 g/mol. The maximum absolute atomic E-state index is 15.4. The molecule has 232 valence electrons. The third kappa shape index (κ3) is 6.45. The molecule has 0 aliphatic heterocycles. The van der Waals surface area contributed by atoms with Gasteiger partial charge < -0.3 is 30.0 Å². The van der Waals surface area contributed by atoms with Crippen LogP contribution in [-0.4, -0.2) is 59.0 Å². The SMILES string of the molecule is COc1cc2nccc(Oc3ccc(-c4cnc(NC5CCCC[C@@H]5C(=O)NCCCO)n(C)c4=O)cc3F)c2cc1OC. The molecule has 2 atom stereocenters. The molecule has 5 rings (SSSR count). The van der Waals surface area contributed by atoms with Crippen molar-refractivity contribution < 1.29 is 28.5 Å². The summed E-state index contributed by atoms with van der Waals surface area (Å²) in [6.07, 6.45) is 6.83. The number of methoxy groups -OCH3 is 2. The number of ether oxygens (including phenoxy) is 3. The van der Waals surface area contributed by atoms with Crippen LogP contribution in [0.1, 0.15) is 32.1 Å². The van der Waals surface area contributed by atoms with Crippen LogP contribution in [0.15, 0.2) is 53.6 Å². The smallest absolute Gasteiger partial charge is 0.262 e. The second-order valence-electron chi connectivity index (χ2n) is 10.7. The van der Waals surface area contributed by atoms with Crippen LogP contribution in [0, 0.1) is 11.7 Å². The minimum Gasteiger partial charge on any atom is -0.493 e. The fourth-order valence-electron chi connectivity index (χ4n) is 5.49. The van der Waals surface area contributed by atoms with Crippen LogP contribution >= 0.6 is 0 Å². The molecule has 0 radical (unpaired) electrons. The number of hydrogen-bond acceptors (Lipinski definition) is 9. The topological polar surface area (TPSA) is 137 Å². The zero-order valence-corrected chi connectivity index (χ0v) is 24.9. The Labute approximate surface area is 254 Å². The van der Waals surface area contributed by atoms with Crippen molar-refractivity contribution in [2.45, 2.75) is 38.1 Å². The molecule has 12 heteroatoms. The number of aliphatic hydroxyl groups is 1. The van der Waals surface area contributed by atoms with Crippen molar-refractivity contribution >= 4 is 22.8 Å². The van der Waals surface area contributed by atoms with Gasteiger partial charge in [0.15, 0.2) is 23.1 Å². The van der Waals surface area contributed by atoms with E-state index in [1.54, 1.807) is 37.5 Å². The molecule has 0 bridgehead atoms. The van der Waals surface area contributed by atoms with Gasteiger partial charge in [-0.25, -0.2) is 9.37 Å². The van der Waals surface area contributed by atoms with Gasteiger partial charge in [-0.1, -0.05) is 18.9 Å². The van der Waals surface area contributed by atoms with Gasteiger partial charge in [-0.15, -0.1) is 0 Å². The standard InChI is InChI=1S/C32H36FN5O6/c1-38-31(41)22(18-36-32(38)37-24-8-5-4-7-20(24)30(40)35-12-6-14-39)19-9-10-27(23(33)15-19)44-26-11-13-34-25-17-29(43-3)28(42-2)16-21(25)26/h9-11,13,15-18,20,24,39H,4-8,12,14H2,1-3H3,(H,35,40)(H,36,37)/t20-,24?/m0/s1. The zero-order chi connectivity index (χ0) is 31.2. The summed E-state index contributed by atoms with van der Waals surface area (Å²) >= 11 is 0. The zero-order valence-electron chi connectivity index (χ0n) is 24.9. The maximum Gasteiger partial charge on any atom is 0.262 e. The van der Waals surface area contributed by atoms with Crippen molar-refractivity contribution in [2.75, 3.05) is 32.7 Å². The summed E-state index contributed by atoms with van der Waals surface area (Å²) < 4.78 is 33.4. The summed E-state index contributed by atoms with van der Waals surface area (Å²) in [7, 11) is 4.64. The van der Waals surface area contributed by atoms with Gasteiger partial charge in [0.1, 0.15) is 5.75 Å². The van der Waals surface area contributed by atoms with E-state index in [1.165, 1.54) is 37.1 Å². The number of nitrogens with one attached hydrogen (secondary N) is 2. The summed E-state index contributed by atoms with van der Waals surface area (Å²) in [5, 5.41) is 15.8. The Morgan fingerprint density at radius 2 is 1.82 bits per heavy atom. The first-order valence-electron chi connectivity index (χ1n) is 14.5. The molecule has 0 spiro atoms. The van der Waals surface area contributed by atoms with Crippen LogP contribution in [-0.2, 0) is 11.8 Å². The van der Waals surface area contributed by atoms with E-state index >= 15 is 4.39 Å². The number of fused-ring (bicyclic) bond motifs is 1. The first kappa shape index (κ1) is 30.7. The Hall–Kier alpha value is -4.71. The molecule has 3 N–H and O–H groups in total. The van der Waals surface area contributed by atoms with E-state index in [4.69, 9.17) is 19.3 Å². The van der Waals surface area contributed by atoms with Crippen molar-refractivity contribution in [3.8, 4) is 34.1 Å². The predicted molar refractivity (Wildman–Crippen MR) is 164 cm³/mol. The highest BCUT2D eigenvalue weighted by molar-refractivity contribution is 5.88. The van der Waals surface area contributed by atoms with E-state index in [0.717, 1.165) is 25.7 Å². The molecule has 1 fully saturated rings. The number of anilines is 1. The Kier molecular flexibility index (Phi) is 9.59. The van der Waals surface area contributed by atoms with E-state index in [1.807, 2.05) is 0 Å². The summed E-state index contributed by atoms with van der Waals surface area (Å²) in [5.41, 5.74) is 0.787. The Balaban J connectivity index is 1.36. The molecule has 1 aliphatic carbocycles. The molecule has 44 heavy (non-hydrogen) atoms. The molecule has 1 unspecified atom stereocenters. The lowest BCUT2D eigenvalue weighted by molar-refractivity contribution is -0.126. The molecule has 11 nitrogen and oxygen atoms in total. The van der Waals surface area contributed by atoms with Gasteiger partial charge in [0.05, 0.1) is 31.2 Å². The second-order valence-corrected chi connectivity index (χ2v) is 10.7. The number of aromatic nitrogens is 3. The molecule has 4 aromatic rings. The van der Waals surface area contributed by atoms with E-state index < -0.39 is 5.82 Å². The lowest BCUT2D eigenvalue weighted by atomic mass is 9.84. The Bertz CT molecular complexity index is 1710. The number of carbonyl (C=O) groups excluding carboxylic acids is 1. The van der Waals surface area contributed by atoms with Gasteiger partial charge in [-0.2, -0.15) is 0 Å². The minimum absolute atomic E-state index is 0.0121. The highest BCUT2D eigenvalue weighted by Gasteiger charge is 2.31. The normalized spacial score (nSPS) is 16.4. The third-order valence-corrected chi connectivity index (χ3v) is 7.89. The fraction of sp³-hybridized carbons (Fsp3) is 0.375. The van der Waals surface area contributed by atoms with Gasteiger partial charge in [-0.3, -0.25) is 19.1 Å². The Morgan fingerprint density at radius 1 is 1.05 bits per heavy atom. The number of benzene rings is 2. The first-order chi connectivity index (χ1) is 21.3. The number of pyridine rings is 1. The van der Waals surface area contributed by atoms with E-state index in [0.29, 0.717) is 52.6 Å². The first-order valence-corrected chi connectivity index (χ1v) is 14.5. The number of rotatable bonds is 11. The molecule has 1 aliphatic rings.